The van der Waals surface area contributed by atoms with Crippen LogP contribution in [0.4, 0.5) is 5.13 Å². The maximum atomic E-state index is 11.2. The van der Waals surface area contributed by atoms with Gasteiger partial charge in [0.15, 0.2) is 17.1 Å². The van der Waals surface area contributed by atoms with Crippen LogP contribution in [0.2, 0.25) is 0 Å². The van der Waals surface area contributed by atoms with Crippen molar-refractivity contribution < 1.29 is 14.5 Å². The Balaban J connectivity index is 2.08. The number of oxime groups is 1. The van der Waals surface area contributed by atoms with Gasteiger partial charge in [-0.2, -0.15) is 0 Å². The zero-order valence-electron chi connectivity index (χ0n) is 8.83. The van der Waals surface area contributed by atoms with Crippen molar-refractivity contribution >= 4 is 34.4 Å². The summed E-state index contributed by atoms with van der Waals surface area (Å²) in [6.45, 7) is 0.480. The summed E-state index contributed by atoms with van der Waals surface area (Å²) in [5, 5.41) is 6.66. The second kappa shape index (κ2) is 4.91. The molecule has 1 saturated heterocycles. The van der Waals surface area contributed by atoms with Crippen LogP contribution in [0.5, 0.6) is 0 Å². The summed E-state index contributed by atoms with van der Waals surface area (Å²) in [6, 6.07) is 0. The molecule has 2 N–H and O–H groups in total. The third kappa shape index (κ3) is 2.59. The van der Waals surface area contributed by atoms with E-state index in [1.54, 1.807) is 5.38 Å². The summed E-state index contributed by atoms with van der Waals surface area (Å²) >= 11 is 1.20. The van der Waals surface area contributed by atoms with Gasteiger partial charge >= 0.3 is 0 Å². The number of aromatic nitrogens is 1. The molecule has 0 spiro atoms. The third-order valence-corrected chi connectivity index (χ3v) is 2.84. The molecule has 0 bridgehead atoms. The third-order valence-electron chi connectivity index (χ3n) is 2.16. The van der Waals surface area contributed by atoms with E-state index in [1.165, 1.54) is 11.3 Å². The van der Waals surface area contributed by atoms with E-state index in [2.05, 4.69) is 10.1 Å². The number of carbonyl (C=O) groups is 2. The Hall–Kier alpha value is -1.96. The van der Waals surface area contributed by atoms with Crippen molar-refractivity contribution in [3.05, 3.63) is 11.1 Å². The number of rotatable bonds is 4. The molecule has 0 aliphatic carbocycles. The number of hydrogen-bond donors (Lipinski definition) is 1. The molecule has 0 radical (unpaired) electrons. The van der Waals surface area contributed by atoms with Crippen molar-refractivity contribution in [3.63, 3.8) is 0 Å². The fourth-order valence-corrected chi connectivity index (χ4v) is 1.89. The average Bonchev–Trinajstić information content (AvgIpc) is 2.90. The van der Waals surface area contributed by atoms with E-state index in [1.807, 2.05) is 0 Å². The maximum Gasteiger partial charge on any atom is 0.257 e. The minimum absolute atomic E-state index is 0.0117. The lowest BCUT2D eigenvalue weighted by Crippen LogP contribution is -2.23. The number of nitrogen functional groups attached to an aromatic ring is 1. The molecule has 90 valence electrons. The number of anilines is 1. The normalized spacial score (nSPS) is 16.4. The Bertz CT molecular complexity index is 471. The number of hydroxylamine groups is 2. The highest BCUT2D eigenvalue weighted by Crippen LogP contribution is 2.13. The molecule has 7 nitrogen and oxygen atoms in total. The van der Waals surface area contributed by atoms with Crippen molar-refractivity contribution in [2.45, 2.75) is 12.8 Å². The fraction of sp³-hybridized carbons (Fsp3) is 0.333. The summed E-state index contributed by atoms with van der Waals surface area (Å²) < 4.78 is 0. The molecule has 17 heavy (non-hydrogen) atoms. The van der Waals surface area contributed by atoms with Gasteiger partial charge in [-0.15, -0.1) is 16.4 Å². The number of thiazole rings is 1. The first-order chi connectivity index (χ1) is 8.20. The van der Waals surface area contributed by atoms with Crippen molar-refractivity contribution in [2.75, 3.05) is 12.3 Å². The molecular formula is C9H10N4O3S. The van der Waals surface area contributed by atoms with E-state index in [0.717, 1.165) is 11.5 Å². The van der Waals surface area contributed by atoms with Crippen molar-refractivity contribution in [1.82, 2.24) is 10.0 Å². The SMILES string of the molecule is Nc1nc(C(C=O)=NON2CCCC2=O)cs1. The fourth-order valence-electron chi connectivity index (χ4n) is 1.34. The molecule has 1 fully saturated rings. The van der Waals surface area contributed by atoms with Crippen LogP contribution < -0.4 is 5.73 Å². The molecule has 2 heterocycles. The number of nitrogens with two attached hydrogens (primary N) is 1. The Morgan fingerprint density at radius 1 is 1.71 bits per heavy atom. The molecule has 1 aromatic heterocycles. The summed E-state index contributed by atoms with van der Waals surface area (Å²) in [6.07, 6.45) is 1.68. The molecule has 1 aliphatic rings. The average molecular weight is 254 g/mol. The van der Waals surface area contributed by atoms with Gasteiger partial charge in [0.2, 0.25) is 0 Å². The lowest BCUT2D eigenvalue weighted by atomic mass is 10.3. The van der Waals surface area contributed by atoms with Crippen LogP contribution in [0.25, 0.3) is 0 Å². The summed E-state index contributed by atoms with van der Waals surface area (Å²) in [4.78, 5) is 30.8. The molecule has 2 rings (SSSR count). The molecule has 1 aromatic rings. The van der Waals surface area contributed by atoms with Gasteiger partial charge in [0, 0.05) is 11.8 Å². The quantitative estimate of drug-likeness (QED) is 0.469. The van der Waals surface area contributed by atoms with E-state index in [-0.39, 0.29) is 11.6 Å². The first-order valence-electron chi connectivity index (χ1n) is 4.93. The zero-order valence-corrected chi connectivity index (χ0v) is 9.64. The molecule has 0 unspecified atom stereocenters. The van der Waals surface area contributed by atoms with Gasteiger partial charge < -0.3 is 5.73 Å². The number of nitrogens with zero attached hydrogens (tertiary/aromatic N) is 3. The first-order valence-corrected chi connectivity index (χ1v) is 5.80. The van der Waals surface area contributed by atoms with E-state index < -0.39 is 0 Å². The first kappa shape index (κ1) is 11.5. The Labute approximate surface area is 101 Å². The van der Waals surface area contributed by atoms with E-state index >= 15 is 0 Å². The lowest BCUT2D eigenvalue weighted by Gasteiger charge is -2.10. The monoisotopic (exact) mass is 254 g/mol. The summed E-state index contributed by atoms with van der Waals surface area (Å²) in [5.41, 5.74) is 5.80. The number of hydrogen-bond acceptors (Lipinski definition) is 7. The molecule has 8 heteroatoms. The van der Waals surface area contributed by atoms with Crippen LogP contribution in [-0.4, -0.2) is 34.5 Å². The van der Waals surface area contributed by atoms with Crippen molar-refractivity contribution in [3.8, 4) is 0 Å². The van der Waals surface area contributed by atoms with E-state index in [0.29, 0.717) is 30.1 Å². The topological polar surface area (TPSA) is 97.9 Å². The largest absolute Gasteiger partial charge is 0.375 e. The van der Waals surface area contributed by atoms with Gasteiger partial charge in [-0.3, -0.25) is 14.5 Å². The second-order valence-corrected chi connectivity index (χ2v) is 4.24. The Morgan fingerprint density at radius 2 is 2.53 bits per heavy atom. The highest BCUT2D eigenvalue weighted by molar-refractivity contribution is 7.13. The summed E-state index contributed by atoms with van der Waals surface area (Å²) in [7, 11) is 0. The number of aldehydes is 1. The van der Waals surface area contributed by atoms with Gasteiger partial charge in [0.25, 0.3) is 5.91 Å². The Kier molecular flexibility index (Phi) is 3.33. The van der Waals surface area contributed by atoms with Gasteiger partial charge in [-0.25, -0.2) is 4.98 Å². The van der Waals surface area contributed by atoms with Crippen molar-refractivity contribution in [1.29, 1.82) is 0 Å². The highest BCUT2D eigenvalue weighted by atomic mass is 32.1. The van der Waals surface area contributed by atoms with Gasteiger partial charge in [0.05, 0.1) is 6.54 Å². The van der Waals surface area contributed by atoms with E-state index in [9.17, 15) is 9.59 Å². The number of amides is 1. The molecule has 0 saturated carbocycles. The molecule has 0 aromatic carbocycles. The van der Waals surface area contributed by atoms with Crippen LogP contribution in [0, 0.1) is 0 Å². The van der Waals surface area contributed by atoms with Crippen LogP contribution >= 0.6 is 11.3 Å². The molecule has 1 amide bonds. The predicted molar refractivity (Wildman–Crippen MR) is 61.2 cm³/mol. The van der Waals surface area contributed by atoms with Crippen LogP contribution in [-0.2, 0) is 14.5 Å². The van der Waals surface area contributed by atoms with Gasteiger partial charge in [-0.1, -0.05) is 0 Å². The van der Waals surface area contributed by atoms with Gasteiger partial charge in [0.1, 0.15) is 5.69 Å². The minimum atomic E-state index is -0.142. The van der Waals surface area contributed by atoms with Gasteiger partial charge in [-0.05, 0) is 11.6 Å². The maximum absolute atomic E-state index is 11.2. The lowest BCUT2D eigenvalue weighted by molar-refractivity contribution is -0.177. The predicted octanol–water partition coefficient (Wildman–Crippen LogP) is 0.182. The van der Waals surface area contributed by atoms with Crippen LogP contribution in [0.1, 0.15) is 18.5 Å². The standard InChI is InChI=1S/C9H10N4O3S/c10-9-11-7(5-17-9)6(4-14)12-16-13-3-1-2-8(13)15/h4-5H,1-3H2,(H2,10,11). The number of carbonyl (C=O) groups excluding carboxylic acids is 2. The van der Waals surface area contributed by atoms with Crippen LogP contribution in [0.3, 0.4) is 0 Å². The summed E-state index contributed by atoms with van der Waals surface area (Å²) in [5.74, 6) is -0.142. The highest BCUT2D eigenvalue weighted by Gasteiger charge is 2.22. The molecular weight excluding hydrogens is 244 g/mol. The van der Waals surface area contributed by atoms with Crippen molar-refractivity contribution in [2.24, 2.45) is 5.16 Å². The molecule has 1 aliphatic heterocycles. The zero-order chi connectivity index (χ0) is 12.3. The van der Waals surface area contributed by atoms with E-state index in [4.69, 9.17) is 10.7 Å². The molecule has 0 atom stereocenters. The second-order valence-electron chi connectivity index (χ2n) is 3.35. The smallest absolute Gasteiger partial charge is 0.257 e. The Morgan fingerprint density at radius 3 is 3.06 bits per heavy atom. The van der Waals surface area contributed by atoms with Crippen LogP contribution in [0.15, 0.2) is 10.5 Å². The minimum Gasteiger partial charge on any atom is -0.375 e.